The average Bonchev–Trinajstić information content (AvgIpc) is 1.92. The topological polar surface area (TPSA) is 0 Å². The molecule has 0 spiro atoms. The quantitative estimate of drug-likeness (QED) is 0.565. The van der Waals surface area contributed by atoms with Crippen LogP contribution in [0.2, 0.25) is 0 Å². The van der Waals surface area contributed by atoms with Gasteiger partial charge in [-0.25, -0.2) is 8.78 Å². The van der Waals surface area contributed by atoms with Gasteiger partial charge in [0.1, 0.15) is 0 Å². The molecule has 10 heavy (non-hydrogen) atoms. The van der Waals surface area contributed by atoms with Crippen molar-refractivity contribution >= 4 is 0 Å². The lowest BCUT2D eigenvalue weighted by Crippen LogP contribution is -2.19. The summed E-state index contributed by atoms with van der Waals surface area (Å²) >= 11 is 0. The molecule has 0 saturated carbocycles. The van der Waals surface area contributed by atoms with Crippen molar-refractivity contribution in [1.29, 1.82) is 0 Å². The largest absolute Gasteiger partial charge is 0.243 e. The summed E-state index contributed by atoms with van der Waals surface area (Å²) in [6, 6.07) is 0. The average molecular weight is 152 g/mol. The Balaban J connectivity index is 0. The Kier molecular flexibility index (Phi) is 7.05. The molecule has 0 rings (SSSR count). The molecule has 64 valence electrons. The maximum atomic E-state index is 11.8. The molecule has 2 heteroatoms. The van der Waals surface area contributed by atoms with E-state index >= 15 is 0 Å². The van der Waals surface area contributed by atoms with Gasteiger partial charge in [0.05, 0.1) is 0 Å². The van der Waals surface area contributed by atoms with Crippen molar-refractivity contribution in [1.82, 2.24) is 0 Å². The molecule has 0 bridgehead atoms. The molecule has 0 aromatic carbocycles. The van der Waals surface area contributed by atoms with Gasteiger partial charge in [-0.1, -0.05) is 34.6 Å². The fourth-order valence-electron chi connectivity index (χ4n) is 0.154. The first-order valence-corrected chi connectivity index (χ1v) is 3.79. The monoisotopic (exact) mass is 152 g/mol. The van der Waals surface area contributed by atoms with Gasteiger partial charge < -0.3 is 0 Å². The Morgan fingerprint density at radius 3 is 1.50 bits per heavy atom. The number of hydrogen-bond acceptors (Lipinski definition) is 0. The Hall–Kier alpha value is -0.140. The third kappa shape index (κ3) is 4.71. The first-order valence-electron chi connectivity index (χ1n) is 3.79. The summed E-state index contributed by atoms with van der Waals surface area (Å²) in [7, 11) is 0. The van der Waals surface area contributed by atoms with Crippen LogP contribution in [0, 0.1) is 5.41 Å². The zero-order valence-corrected chi connectivity index (χ0v) is 7.54. The van der Waals surface area contributed by atoms with Crippen molar-refractivity contribution in [3.05, 3.63) is 0 Å². The minimum atomic E-state index is -2.19. The molecule has 0 heterocycles. The Morgan fingerprint density at radius 1 is 1.20 bits per heavy atom. The van der Waals surface area contributed by atoms with Crippen LogP contribution in [0.25, 0.3) is 0 Å². The summed E-state index contributed by atoms with van der Waals surface area (Å²) in [5.41, 5.74) is -0.792. The van der Waals surface area contributed by atoms with Crippen molar-refractivity contribution in [2.45, 2.75) is 47.5 Å². The van der Waals surface area contributed by atoms with Gasteiger partial charge in [0.25, 0.3) is 0 Å². The lowest BCUT2D eigenvalue weighted by molar-refractivity contribution is 0.0173. The first-order chi connectivity index (χ1) is 4.50. The molecule has 0 amide bonds. The SMILES string of the molecule is CC.CCC(C)(C)C(F)F. The van der Waals surface area contributed by atoms with Gasteiger partial charge in [-0.3, -0.25) is 0 Å². The second-order valence-corrected chi connectivity index (χ2v) is 2.64. The molecule has 0 unspecified atom stereocenters. The van der Waals surface area contributed by atoms with Crippen LogP contribution in [0.3, 0.4) is 0 Å². The van der Waals surface area contributed by atoms with E-state index in [2.05, 4.69) is 0 Å². The summed E-state index contributed by atoms with van der Waals surface area (Å²) < 4.78 is 23.6. The second kappa shape index (κ2) is 5.63. The standard InChI is InChI=1S/C6H12F2.C2H6/c1-4-6(2,3)5(7)8;1-2/h5H,4H2,1-3H3;1-2H3. The molecule has 0 aliphatic rings. The minimum absolute atomic E-state index is 0.532. The van der Waals surface area contributed by atoms with E-state index in [0.717, 1.165) is 0 Å². The Labute approximate surface area is 62.6 Å². The maximum Gasteiger partial charge on any atom is 0.243 e. The molecule has 0 nitrogen and oxygen atoms in total. The van der Waals surface area contributed by atoms with Crippen molar-refractivity contribution in [2.75, 3.05) is 0 Å². The summed E-state index contributed by atoms with van der Waals surface area (Å²) in [6.45, 7) is 8.90. The number of hydrogen-bond donors (Lipinski definition) is 0. The third-order valence-electron chi connectivity index (χ3n) is 1.50. The highest BCUT2D eigenvalue weighted by Crippen LogP contribution is 2.27. The molecule has 0 fully saturated rings. The third-order valence-corrected chi connectivity index (χ3v) is 1.50. The fraction of sp³-hybridized carbons (Fsp3) is 1.00. The predicted molar refractivity (Wildman–Crippen MR) is 41.4 cm³/mol. The van der Waals surface area contributed by atoms with Gasteiger partial charge in [0, 0.05) is 5.41 Å². The first kappa shape index (κ1) is 12.5. The highest BCUT2D eigenvalue weighted by Gasteiger charge is 2.26. The van der Waals surface area contributed by atoms with Crippen LogP contribution in [0.5, 0.6) is 0 Å². The van der Waals surface area contributed by atoms with Crippen LogP contribution in [-0.2, 0) is 0 Å². The molecule has 0 saturated heterocycles. The molecule has 0 aliphatic heterocycles. The minimum Gasteiger partial charge on any atom is -0.210 e. The van der Waals surface area contributed by atoms with Gasteiger partial charge in [0.2, 0.25) is 6.43 Å². The molecular weight excluding hydrogens is 134 g/mol. The summed E-state index contributed by atoms with van der Waals surface area (Å²) in [6.07, 6.45) is -1.66. The molecule has 0 atom stereocenters. The molecule has 0 aromatic rings. The van der Waals surface area contributed by atoms with Gasteiger partial charge in [0.15, 0.2) is 0 Å². The highest BCUT2D eigenvalue weighted by molar-refractivity contribution is 4.67. The van der Waals surface area contributed by atoms with E-state index in [1.165, 1.54) is 0 Å². The zero-order chi connectivity index (χ0) is 8.78. The second-order valence-electron chi connectivity index (χ2n) is 2.64. The lowest BCUT2D eigenvalue weighted by atomic mass is 9.91. The molecule has 0 aromatic heterocycles. The van der Waals surface area contributed by atoms with Gasteiger partial charge in [-0.05, 0) is 6.42 Å². The molecule has 0 N–H and O–H groups in total. The van der Waals surface area contributed by atoms with Crippen molar-refractivity contribution in [2.24, 2.45) is 5.41 Å². The van der Waals surface area contributed by atoms with E-state index in [-0.39, 0.29) is 0 Å². The van der Waals surface area contributed by atoms with Crippen molar-refractivity contribution in [3.63, 3.8) is 0 Å². The van der Waals surface area contributed by atoms with E-state index in [1.54, 1.807) is 20.8 Å². The van der Waals surface area contributed by atoms with Crippen LogP contribution < -0.4 is 0 Å². The molecule has 0 radical (unpaired) electrons. The molecule has 0 aliphatic carbocycles. The van der Waals surface area contributed by atoms with Crippen LogP contribution in [0.15, 0.2) is 0 Å². The van der Waals surface area contributed by atoms with Crippen LogP contribution in [-0.4, -0.2) is 6.43 Å². The van der Waals surface area contributed by atoms with Crippen LogP contribution in [0.4, 0.5) is 8.78 Å². The number of halogens is 2. The number of rotatable bonds is 2. The highest BCUT2D eigenvalue weighted by atomic mass is 19.3. The van der Waals surface area contributed by atoms with Gasteiger partial charge in [-0.2, -0.15) is 0 Å². The number of alkyl halides is 2. The van der Waals surface area contributed by atoms with E-state index < -0.39 is 11.8 Å². The normalized spacial score (nSPS) is 10.8. The Morgan fingerprint density at radius 2 is 1.50 bits per heavy atom. The van der Waals surface area contributed by atoms with Crippen LogP contribution in [0.1, 0.15) is 41.0 Å². The maximum absolute atomic E-state index is 11.8. The van der Waals surface area contributed by atoms with E-state index in [4.69, 9.17) is 0 Å². The van der Waals surface area contributed by atoms with E-state index in [0.29, 0.717) is 6.42 Å². The predicted octanol–water partition coefficient (Wildman–Crippen LogP) is 3.71. The van der Waals surface area contributed by atoms with E-state index in [1.807, 2.05) is 13.8 Å². The fourth-order valence-corrected chi connectivity index (χ4v) is 0.154. The summed E-state index contributed by atoms with van der Waals surface area (Å²) in [5.74, 6) is 0. The van der Waals surface area contributed by atoms with Crippen molar-refractivity contribution in [3.8, 4) is 0 Å². The smallest absolute Gasteiger partial charge is 0.210 e. The molecular formula is C8H18F2. The summed E-state index contributed by atoms with van der Waals surface area (Å²) in [5, 5.41) is 0. The zero-order valence-electron chi connectivity index (χ0n) is 7.54. The van der Waals surface area contributed by atoms with Crippen LogP contribution >= 0.6 is 0 Å². The van der Waals surface area contributed by atoms with E-state index in [9.17, 15) is 8.78 Å². The Bertz CT molecular complexity index is 67.7. The lowest BCUT2D eigenvalue weighted by Gasteiger charge is -2.20. The summed E-state index contributed by atoms with van der Waals surface area (Å²) in [4.78, 5) is 0. The van der Waals surface area contributed by atoms with Gasteiger partial charge in [-0.15, -0.1) is 0 Å². The van der Waals surface area contributed by atoms with Gasteiger partial charge >= 0.3 is 0 Å². The van der Waals surface area contributed by atoms with Crippen molar-refractivity contribution < 1.29 is 8.78 Å².